The Hall–Kier alpha value is -1.97. The summed E-state index contributed by atoms with van der Waals surface area (Å²) in [4.78, 5) is 12.6. The van der Waals surface area contributed by atoms with Gasteiger partial charge in [-0.2, -0.15) is 0 Å². The minimum atomic E-state index is -0.287. The molecular formula is C17H20NO2+. The average Bonchev–Trinajstić information content (AvgIpc) is 2.53. The number of ketones is 1. The Morgan fingerprint density at radius 2 is 1.55 bits per heavy atom. The van der Waals surface area contributed by atoms with Crippen LogP contribution in [0, 0.1) is 0 Å². The summed E-state index contributed by atoms with van der Waals surface area (Å²) in [6.07, 6.45) is -0.256. The van der Waals surface area contributed by atoms with Gasteiger partial charge in [-0.05, 0) is 5.56 Å². The minimum Gasteiger partial charge on any atom is -0.370 e. The highest BCUT2D eigenvalue weighted by Crippen LogP contribution is 2.21. The van der Waals surface area contributed by atoms with Crippen LogP contribution < -0.4 is 5.32 Å². The summed E-state index contributed by atoms with van der Waals surface area (Å²) in [6, 6.07) is 18.9. The van der Waals surface area contributed by atoms with Crippen molar-refractivity contribution in [3.05, 3.63) is 71.8 Å². The maximum absolute atomic E-state index is 12.6. The number of hydrogen-bond acceptors (Lipinski definition) is 2. The van der Waals surface area contributed by atoms with Crippen molar-refractivity contribution < 1.29 is 14.8 Å². The Kier molecular flexibility index (Phi) is 5.04. The molecule has 0 spiro atoms. The number of Topliss-reactive ketones (excluding diaryl/α,β-unsaturated/α-hetero) is 1. The molecule has 0 radical (unpaired) electrons. The van der Waals surface area contributed by atoms with Crippen LogP contribution in [0.3, 0.4) is 0 Å². The number of nitrogens with two attached hydrogens (primary N) is 1. The molecule has 3 heteroatoms. The zero-order valence-electron chi connectivity index (χ0n) is 11.8. The van der Waals surface area contributed by atoms with Gasteiger partial charge in [-0.25, -0.2) is 0 Å². The fourth-order valence-electron chi connectivity index (χ4n) is 2.39. The van der Waals surface area contributed by atoms with E-state index in [0.717, 1.165) is 5.56 Å². The van der Waals surface area contributed by atoms with Gasteiger partial charge in [0.15, 0.2) is 6.04 Å². The van der Waals surface area contributed by atoms with Gasteiger partial charge in [0.2, 0.25) is 5.78 Å². The summed E-state index contributed by atoms with van der Waals surface area (Å²) < 4.78 is 5.58. The summed E-state index contributed by atoms with van der Waals surface area (Å²) in [5.41, 5.74) is 1.73. The number of hydrogen-bond donors (Lipinski definition) is 1. The Bertz CT molecular complexity index is 539. The Labute approximate surface area is 119 Å². The normalized spacial score (nSPS) is 13.7. The van der Waals surface area contributed by atoms with Crippen LogP contribution in [0.25, 0.3) is 0 Å². The standard InChI is InChI=1S/C17H19NO2/c1-18-15(16(19)13-9-5-3-6-10-13)17(20-2)14-11-7-4-8-12-14/h3-12,15,17-18H,1-2H3/p+1/t15-,17-/m0/s1. The van der Waals surface area contributed by atoms with E-state index in [1.165, 1.54) is 0 Å². The first-order valence-electron chi connectivity index (χ1n) is 6.74. The zero-order valence-corrected chi connectivity index (χ0v) is 11.8. The molecule has 2 rings (SSSR count). The molecule has 2 aromatic rings. The lowest BCUT2D eigenvalue weighted by molar-refractivity contribution is -0.657. The Morgan fingerprint density at radius 1 is 1.00 bits per heavy atom. The van der Waals surface area contributed by atoms with Gasteiger partial charge in [-0.15, -0.1) is 0 Å². The second kappa shape index (κ2) is 6.98. The lowest BCUT2D eigenvalue weighted by Gasteiger charge is -2.22. The first kappa shape index (κ1) is 14.4. The third-order valence-electron chi connectivity index (χ3n) is 3.43. The molecule has 0 aliphatic carbocycles. The minimum absolute atomic E-state index is 0.0869. The van der Waals surface area contributed by atoms with E-state index in [0.29, 0.717) is 5.56 Å². The zero-order chi connectivity index (χ0) is 14.4. The van der Waals surface area contributed by atoms with Gasteiger partial charge in [0, 0.05) is 12.7 Å². The van der Waals surface area contributed by atoms with Gasteiger partial charge in [-0.3, -0.25) is 4.79 Å². The van der Waals surface area contributed by atoms with E-state index < -0.39 is 0 Å². The third kappa shape index (κ3) is 3.13. The van der Waals surface area contributed by atoms with E-state index in [9.17, 15) is 4.79 Å². The number of carbonyl (C=O) groups excluding carboxylic acids is 1. The molecule has 0 aliphatic rings. The molecule has 0 saturated heterocycles. The van der Waals surface area contributed by atoms with Gasteiger partial charge >= 0.3 is 0 Å². The molecule has 0 amide bonds. The molecule has 0 saturated carbocycles. The van der Waals surface area contributed by atoms with Gasteiger partial charge in [0.25, 0.3) is 0 Å². The maximum atomic E-state index is 12.6. The van der Waals surface area contributed by atoms with E-state index in [-0.39, 0.29) is 17.9 Å². The van der Waals surface area contributed by atoms with Crippen LogP contribution in [0.5, 0.6) is 0 Å². The molecule has 0 bridgehead atoms. The molecule has 2 atom stereocenters. The van der Waals surface area contributed by atoms with Gasteiger partial charge in [-0.1, -0.05) is 60.7 Å². The number of carbonyl (C=O) groups is 1. The third-order valence-corrected chi connectivity index (χ3v) is 3.43. The van der Waals surface area contributed by atoms with Crippen LogP contribution in [-0.4, -0.2) is 26.0 Å². The lowest BCUT2D eigenvalue weighted by Crippen LogP contribution is -2.89. The summed E-state index contributed by atoms with van der Waals surface area (Å²) >= 11 is 0. The highest BCUT2D eigenvalue weighted by atomic mass is 16.5. The van der Waals surface area contributed by atoms with E-state index >= 15 is 0 Å². The van der Waals surface area contributed by atoms with Crippen molar-refractivity contribution in [3.8, 4) is 0 Å². The van der Waals surface area contributed by atoms with Gasteiger partial charge in [0.05, 0.1) is 7.05 Å². The number of methoxy groups -OCH3 is 1. The number of quaternary nitrogens is 1. The highest BCUT2D eigenvalue weighted by molar-refractivity contribution is 5.99. The molecule has 3 nitrogen and oxygen atoms in total. The molecule has 0 heterocycles. The second-order valence-corrected chi connectivity index (χ2v) is 4.66. The van der Waals surface area contributed by atoms with E-state index in [2.05, 4.69) is 0 Å². The van der Waals surface area contributed by atoms with Crippen molar-refractivity contribution in [3.63, 3.8) is 0 Å². The smallest absolute Gasteiger partial charge is 0.222 e. The molecule has 20 heavy (non-hydrogen) atoms. The summed E-state index contributed by atoms with van der Waals surface area (Å²) in [5.74, 6) is 0.0869. The highest BCUT2D eigenvalue weighted by Gasteiger charge is 2.32. The van der Waals surface area contributed by atoms with Crippen molar-refractivity contribution in [2.75, 3.05) is 14.2 Å². The summed E-state index contributed by atoms with van der Waals surface area (Å²) in [6.45, 7) is 0. The Balaban J connectivity index is 2.29. The predicted molar refractivity (Wildman–Crippen MR) is 78.6 cm³/mol. The van der Waals surface area contributed by atoms with Crippen molar-refractivity contribution >= 4 is 5.78 Å². The fourth-order valence-corrected chi connectivity index (χ4v) is 2.39. The van der Waals surface area contributed by atoms with Crippen molar-refractivity contribution in [2.24, 2.45) is 0 Å². The van der Waals surface area contributed by atoms with Crippen LogP contribution in [0.2, 0.25) is 0 Å². The average molecular weight is 270 g/mol. The monoisotopic (exact) mass is 270 g/mol. The molecule has 2 N–H and O–H groups in total. The predicted octanol–water partition coefficient (Wildman–Crippen LogP) is 1.82. The number of ether oxygens (including phenoxy) is 1. The van der Waals surface area contributed by atoms with E-state index in [1.54, 1.807) is 7.11 Å². The molecule has 2 aromatic carbocycles. The lowest BCUT2D eigenvalue weighted by atomic mass is 9.95. The summed E-state index contributed by atoms with van der Waals surface area (Å²) in [5, 5.41) is 1.91. The molecular weight excluding hydrogens is 250 g/mol. The van der Waals surface area contributed by atoms with E-state index in [4.69, 9.17) is 4.74 Å². The quantitative estimate of drug-likeness (QED) is 0.814. The number of likely N-dealkylation sites (N-methyl/N-ethyl adjacent to an activating group) is 1. The molecule has 0 unspecified atom stereocenters. The molecule has 0 aromatic heterocycles. The Morgan fingerprint density at radius 3 is 2.05 bits per heavy atom. The van der Waals surface area contributed by atoms with Crippen LogP contribution in [0.1, 0.15) is 22.0 Å². The van der Waals surface area contributed by atoms with Gasteiger partial charge < -0.3 is 10.1 Å². The topological polar surface area (TPSA) is 42.9 Å². The molecule has 0 aliphatic heterocycles. The largest absolute Gasteiger partial charge is 0.370 e. The van der Waals surface area contributed by atoms with Crippen LogP contribution in [-0.2, 0) is 4.74 Å². The van der Waals surface area contributed by atoms with Crippen LogP contribution >= 0.6 is 0 Å². The van der Waals surface area contributed by atoms with Crippen molar-refractivity contribution in [2.45, 2.75) is 12.1 Å². The molecule has 104 valence electrons. The summed E-state index contributed by atoms with van der Waals surface area (Å²) in [7, 11) is 3.55. The fraction of sp³-hybridized carbons (Fsp3) is 0.235. The van der Waals surface area contributed by atoms with E-state index in [1.807, 2.05) is 73.0 Å². The first-order valence-corrected chi connectivity index (χ1v) is 6.74. The number of rotatable bonds is 6. The SMILES string of the molecule is C[NH2+][C@@H](C(=O)c1ccccc1)[C@@H](OC)c1ccccc1. The second-order valence-electron chi connectivity index (χ2n) is 4.66. The first-order chi connectivity index (χ1) is 9.77. The van der Waals surface area contributed by atoms with Crippen LogP contribution in [0.4, 0.5) is 0 Å². The van der Waals surface area contributed by atoms with Crippen LogP contribution in [0.15, 0.2) is 60.7 Å². The maximum Gasteiger partial charge on any atom is 0.222 e. The van der Waals surface area contributed by atoms with Crippen molar-refractivity contribution in [1.29, 1.82) is 0 Å². The molecule has 0 fully saturated rings. The van der Waals surface area contributed by atoms with Gasteiger partial charge in [0.1, 0.15) is 6.10 Å². The van der Waals surface area contributed by atoms with Crippen molar-refractivity contribution in [1.82, 2.24) is 0 Å². The number of benzene rings is 2.